The third-order valence-corrected chi connectivity index (χ3v) is 4.98. The molecule has 2 fully saturated rings. The van der Waals surface area contributed by atoms with Gasteiger partial charge >= 0.3 is 0 Å². The maximum Gasteiger partial charge on any atom is 0.236 e. The number of aromatic nitrogens is 1. The molecule has 126 valence electrons. The molecule has 4 rings (SSSR count). The van der Waals surface area contributed by atoms with Crippen LogP contribution in [0.15, 0.2) is 36.7 Å². The summed E-state index contributed by atoms with van der Waals surface area (Å²) < 4.78 is 6.23. The van der Waals surface area contributed by atoms with Crippen LogP contribution >= 0.6 is 0 Å². The van der Waals surface area contributed by atoms with Gasteiger partial charge < -0.3 is 9.64 Å². The van der Waals surface area contributed by atoms with Crippen molar-refractivity contribution in [1.29, 1.82) is 0 Å². The third-order valence-electron chi connectivity index (χ3n) is 4.98. The van der Waals surface area contributed by atoms with Crippen LogP contribution in [0.4, 0.5) is 0 Å². The Morgan fingerprint density at radius 3 is 2.96 bits per heavy atom. The van der Waals surface area contributed by atoms with Gasteiger partial charge in [-0.2, -0.15) is 0 Å². The molecule has 0 spiro atoms. The fourth-order valence-corrected chi connectivity index (χ4v) is 3.67. The lowest BCUT2D eigenvalue weighted by atomic mass is 10.1. The monoisotopic (exact) mass is 325 g/mol. The molecule has 1 atom stereocenters. The Labute approximate surface area is 142 Å². The molecule has 5 heteroatoms. The average molecular weight is 325 g/mol. The number of fused-ring (bicyclic) bond motifs is 1. The van der Waals surface area contributed by atoms with Gasteiger partial charge in [0.2, 0.25) is 5.91 Å². The third kappa shape index (κ3) is 3.22. The van der Waals surface area contributed by atoms with Gasteiger partial charge in [0.05, 0.1) is 6.54 Å². The van der Waals surface area contributed by atoms with E-state index in [1.54, 1.807) is 6.20 Å². The summed E-state index contributed by atoms with van der Waals surface area (Å²) in [5.74, 6) is 1.18. The Bertz CT molecular complexity index is 722. The van der Waals surface area contributed by atoms with Gasteiger partial charge in [-0.3, -0.25) is 14.7 Å². The van der Waals surface area contributed by atoms with Gasteiger partial charge in [-0.1, -0.05) is 12.1 Å². The second-order valence-electron chi connectivity index (χ2n) is 6.70. The van der Waals surface area contributed by atoms with Gasteiger partial charge in [-0.15, -0.1) is 0 Å². The van der Waals surface area contributed by atoms with Crippen LogP contribution in [0, 0.1) is 0 Å². The maximum absolute atomic E-state index is 12.3. The number of ether oxygens (including phenoxy) is 1. The van der Waals surface area contributed by atoms with E-state index in [0.29, 0.717) is 6.54 Å². The number of likely N-dealkylation sites (tertiary alicyclic amines) is 2. The van der Waals surface area contributed by atoms with Crippen LogP contribution in [0.5, 0.6) is 5.75 Å². The highest BCUT2D eigenvalue weighted by Gasteiger charge is 2.28. The molecule has 0 radical (unpaired) electrons. The van der Waals surface area contributed by atoms with Gasteiger partial charge in [0, 0.05) is 49.3 Å². The van der Waals surface area contributed by atoms with E-state index in [0.717, 1.165) is 62.0 Å². The van der Waals surface area contributed by atoms with E-state index in [2.05, 4.69) is 9.88 Å². The molecule has 5 nitrogen and oxygen atoms in total. The first kappa shape index (κ1) is 15.4. The molecule has 0 N–H and O–H groups in total. The zero-order valence-electron chi connectivity index (χ0n) is 13.9. The molecule has 24 heavy (non-hydrogen) atoms. The standard InChI is InChI=1S/C19H23N3O2/c23-19(22-9-1-2-10-22)14-21-11-7-16(13-21)24-18-5-3-4-15-12-20-8-6-17(15)18/h3-6,8,12,16H,1-2,7,9-11,13-14H2/t16-/m0/s1. The molecule has 0 unspecified atom stereocenters. The molecular formula is C19H23N3O2. The Morgan fingerprint density at radius 2 is 2.08 bits per heavy atom. The molecule has 2 saturated heterocycles. The summed E-state index contributed by atoms with van der Waals surface area (Å²) in [6, 6.07) is 8.06. The largest absolute Gasteiger partial charge is 0.488 e. The predicted octanol–water partition coefficient (Wildman–Crippen LogP) is 2.31. The predicted molar refractivity (Wildman–Crippen MR) is 93.0 cm³/mol. The minimum absolute atomic E-state index is 0.148. The van der Waals surface area contributed by atoms with Crippen LogP contribution in [-0.4, -0.2) is 59.5 Å². The van der Waals surface area contributed by atoms with E-state index in [1.807, 2.05) is 35.4 Å². The number of nitrogens with zero attached hydrogens (tertiary/aromatic N) is 3. The lowest BCUT2D eigenvalue weighted by Crippen LogP contribution is -2.38. The SMILES string of the molecule is O=C(CN1CC[C@H](Oc2cccc3cnccc23)C1)N1CCCC1. The van der Waals surface area contributed by atoms with Crippen molar-refractivity contribution >= 4 is 16.7 Å². The number of carbonyl (C=O) groups is 1. The summed E-state index contributed by atoms with van der Waals surface area (Å²) in [5, 5.41) is 2.19. The van der Waals surface area contributed by atoms with Crippen molar-refractivity contribution in [2.24, 2.45) is 0 Å². The van der Waals surface area contributed by atoms with Gasteiger partial charge in [0.15, 0.2) is 0 Å². The molecule has 3 heterocycles. The van der Waals surface area contributed by atoms with Crippen molar-refractivity contribution in [3.63, 3.8) is 0 Å². The number of pyridine rings is 1. The topological polar surface area (TPSA) is 45.7 Å². The highest BCUT2D eigenvalue weighted by Crippen LogP contribution is 2.27. The van der Waals surface area contributed by atoms with Crippen LogP contribution in [0.2, 0.25) is 0 Å². The van der Waals surface area contributed by atoms with Gasteiger partial charge in [0.1, 0.15) is 11.9 Å². The van der Waals surface area contributed by atoms with Crippen LogP contribution in [0.25, 0.3) is 10.8 Å². The number of amides is 1. The molecule has 0 aliphatic carbocycles. The summed E-state index contributed by atoms with van der Waals surface area (Å²) in [6.07, 6.45) is 7.06. The molecule has 2 aliphatic rings. The van der Waals surface area contributed by atoms with E-state index in [-0.39, 0.29) is 12.0 Å². The number of carbonyl (C=O) groups excluding carboxylic acids is 1. The Morgan fingerprint density at radius 1 is 1.21 bits per heavy atom. The van der Waals surface area contributed by atoms with Crippen molar-refractivity contribution < 1.29 is 9.53 Å². The molecule has 1 aromatic carbocycles. The van der Waals surface area contributed by atoms with Crippen LogP contribution in [-0.2, 0) is 4.79 Å². The molecule has 1 aromatic heterocycles. The number of benzene rings is 1. The summed E-state index contributed by atoms with van der Waals surface area (Å²) in [7, 11) is 0. The van der Waals surface area contributed by atoms with E-state index < -0.39 is 0 Å². The highest BCUT2D eigenvalue weighted by atomic mass is 16.5. The number of hydrogen-bond donors (Lipinski definition) is 0. The van der Waals surface area contributed by atoms with E-state index in [9.17, 15) is 4.79 Å². The Kier molecular flexibility index (Phi) is 4.34. The summed E-state index contributed by atoms with van der Waals surface area (Å²) in [4.78, 5) is 20.7. The second-order valence-corrected chi connectivity index (χ2v) is 6.70. The van der Waals surface area contributed by atoms with Crippen LogP contribution in [0.3, 0.4) is 0 Å². The summed E-state index contributed by atoms with van der Waals surface area (Å²) >= 11 is 0. The fraction of sp³-hybridized carbons (Fsp3) is 0.474. The zero-order valence-corrected chi connectivity index (χ0v) is 13.9. The first-order valence-electron chi connectivity index (χ1n) is 8.79. The lowest BCUT2D eigenvalue weighted by Gasteiger charge is -2.21. The molecule has 0 saturated carbocycles. The van der Waals surface area contributed by atoms with Gasteiger partial charge in [0.25, 0.3) is 0 Å². The van der Waals surface area contributed by atoms with Gasteiger partial charge in [-0.25, -0.2) is 0 Å². The van der Waals surface area contributed by atoms with E-state index in [4.69, 9.17) is 4.74 Å². The zero-order chi connectivity index (χ0) is 16.4. The Balaban J connectivity index is 1.37. The van der Waals surface area contributed by atoms with E-state index >= 15 is 0 Å². The second kappa shape index (κ2) is 6.77. The van der Waals surface area contributed by atoms with Gasteiger partial charge in [-0.05, 0) is 31.4 Å². The maximum atomic E-state index is 12.3. The average Bonchev–Trinajstić information content (AvgIpc) is 3.27. The first-order chi connectivity index (χ1) is 11.8. The minimum atomic E-state index is 0.148. The normalized spacial score (nSPS) is 21.5. The molecule has 1 amide bonds. The van der Waals surface area contributed by atoms with Crippen LogP contribution in [0.1, 0.15) is 19.3 Å². The molecule has 2 aliphatic heterocycles. The van der Waals surface area contributed by atoms with E-state index in [1.165, 1.54) is 0 Å². The quantitative estimate of drug-likeness (QED) is 0.865. The fourth-order valence-electron chi connectivity index (χ4n) is 3.67. The van der Waals surface area contributed by atoms with Crippen molar-refractivity contribution in [2.45, 2.75) is 25.4 Å². The van der Waals surface area contributed by atoms with Crippen molar-refractivity contribution in [1.82, 2.24) is 14.8 Å². The lowest BCUT2D eigenvalue weighted by molar-refractivity contribution is -0.131. The number of rotatable bonds is 4. The van der Waals surface area contributed by atoms with Crippen molar-refractivity contribution in [3.8, 4) is 5.75 Å². The minimum Gasteiger partial charge on any atom is -0.488 e. The van der Waals surface area contributed by atoms with Crippen LogP contribution < -0.4 is 4.74 Å². The first-order valence-corrected chi connectivity index (χ1v) is 8.79. The summed E-state index contributed by atoms with van der Waals surface area (Å²) in [5.41, 5.74) is 0. The van der Waals surface area contributed by atoms with Crippen molar-refractivity contribution in [3.05, 3.63) is 36.7 Å². The highest BCUT2D eigenvalue weighted by molar-refractivity contribution is 5.87. The van der Waals surface area contributed by atoms with Crippen molar-refractivity contribution in [2.75, 3.05) is 32.7 Å². The molecular weight excluding hydrogens is 302 g/mol. The molecule has 2 aromatic rings. The molecule has 0 bridgehead atoms. The number of hydrogen-bond acceptors (Lipinski definition) is 4. The smallest absolute Gasteiger partial charge is 0.236 e. The summed E-state index contributed by atoms with van der Waals surface area (Å²) in [6.45, 7) is 4.13. The Hall–Kier alpha value is -2.14.